The number of Topliss-reactive ketones (excluding diaryl/α,β-unsaturated/α-hetero) is 1. The summed E-state index contributed by atoms with van der Waals surface area (Å²) in [5.41, 5.74) is 0.130. The van der Waals surface area contributed by atoms with E-state index in [0.29, 0.717) is 11.3 Å². The largest absolute Gasteiger partial charge is 0.294 e. The Morgan fingerprint density at radius 3 is 2.83 bits per heavy atom. The van der Waals surface area contributed by atoms with Gasteiger partial charge in [-0.1, -0.05) is 6.92 Å². The first-order valence-electron chi connectivity index (χ1n) is 3.67. The van der Waals surface area contributed by atoms with Gasteiger partial charge in [0.2, 0.25) is 0 Å². The van der Waals surface area contributed by atoms with Crippen molar-refractivity contribution in [3.05, 3.63) is 29.6 Å². The molecule has 0 aromatic heterocycles. The molecule has 1 rings (SSSR count). The van der Waals surface area contributed by atoms with Gasteiger partial charge in [0.1, 0.15) is 5.82 Å². The average molecular weight is 184 g/mol. The van der Waals surface area contributed by atoms with E-state index in [-0.39, 0.29) is 11.3 Å². The molecule has 3 heteroatoms. The number of ketones is 1. The highest BCUT2D eigenvalue weighted by atomic mass is 32.1. The summed E-state index contributed by atoms with van der Waals surface area (Å²) in [6.07, 6.45) is 0.314. The van der Waals surface area contributed by atoms with E-state index in [0.717, 1.165) is 0 Å². The van der Waals surface area contributed by atoms with Crippen LogP contribution < -0.4 is 0 Å². The van der Waals surface area contributed by atoms with Gasteiger partial charge in [-0.15, -0.1) is 12.6 Å². The van der Waals surface area contributed by atoms with Gasteiger partial charge in [0.25, 0.3) is 0 Å². The minimum atomic E-state index is -0.473. The van der Waals surface area contributed by atoms with Crippen molar-refractivity contribution in [1.82, 2.24) is 0 Å². The van der Waals surface area contributed by atoms with Crippen LogP contribution in [0, 0.1) is 5.82 Å². The van der Waals surface area contributed by atoms with Gasteiger partial charge in [-0.25, -0.2) is 4.39 Å². The van der Waals surface area contributed by atoms with Crippen LogP contribution in [0.1, 0.15) is 23.7 Å². The maximum absolute atomic E-state index is 13.0. The first-order chi connectivity index (χ1) is 5.65. The van der Waals surface area contributed by atoms with E-state index in [1.807, 2.05) is 0 Å². The molecule has 1 nitrogen and oxygen atoms in total. The van der Waals surface area contributed by atoms with E-state index in [1.54, 1.807) is 6.92 Å². The molecule has 0 aliphatic carbocycles. The minimum absolute atomic E-state index is 0.130. The molecule has 12 heavy (non-hydrogen) atoms. The summed E-state index contributed by atoms with van der Waals surface area (Å²) in [5, 5.41) is 0. The molecule has 0 unspecified atom stereocenters. The third-order valence-electron chi connectivity index (χ3n) is 1.57. The van der Waals surface area contributed by atoms with Crippen molar-refractivity contribution in [3.63, 3.8) is 0 Å². The van der Waals surface area contributed by atoms with Crippen molar-refractivity contribution >= 4 is 18.4 Å². The number of rotatable bonds is 2. The Morgan fingerprint density at radius 1 is 1.58 bits per heavy atom. The van der Waals surface area contributed by atoms with E-state index in [9.17, 15) is 9.18 Å². The van der Waals surface area contributed by atoms with Gasteiger partial charge in [-0.05, 0) is 18.2 Å². The van der Waals surface area contributed by atoms with Crippen LogP contribution in [-0.4, -0.2) is 5.78 Å². The van der Waals surface area contributed by atoms with E-state index in [1.165, 1.54) is 18.2 Å². The number of thiol groups is 1. The van der Waals surface area contributed by atoms with Crippen molar-refractivity contribution in [2.45, 2.75) is 18.2 Å². The van der Waals surface area contributed by atoms with Crippen molar-refractivity contribution in [1.29, 1.82) is 0 Å². The molecular weight excluding hydrogens is 175 g/mol. The third-order valence-corrected chi connectivity index (χ3v) is 1.85. The molecule has 0 saturated heterocycles. The Balaban J connectivity index is 3.13. The lowest BCUT2D eigenvalue weighted by atomic mass is 10.1. The van der Waals surface area contributed by atoms with Crippen LogP contribution in [0.5, 0.6) is 0 Å². The highest BCUT2D eigenvalue weighted by Gasteiger charge is 2.08. The molecule has 0 saturated carbocycles. The Labute approximate surface area is 76.0 Å². The Hall–Kier alpha value is -0.830. The number of hydrogen-bond acceptors (Lipinski definition) is 2. The molecule has 0 aliphatic heterocycles. The lowest BCUT2D eigenvalue weighted by Gasteiger charge is -2.00. The van der Waals surface area contributed by atoms with Crippen LogP contribution in [0.4, 0.5) is 4.39 Å². The van der Waals surface area contributed by atoms with Crippen molar-refractivity contribution in [2.24, 2.45) is 0 Å². The van der Waals surface area contributed by atoms with Gasteiger partial charge in [0.15, 0.2) is 5.78 Å². The standard InChI is InChI=1S/C9H9FOS/c1-2-9(11)7-5-6(12)3-4-8(7)10/h3-5,12H,2H2,1H3. The molecule has 0 N–H and O–H groups in total. The maximum atomic E-state index is 13.0. The van der Waals surface area contributed by atoms with Gasteiger partial charge in [-0.3, -0.25) is 4.79 Å². The fourth-order valence-corrected chi connectivity index (χ4v) is 1.12. The molecule has 0 fully saturated rings. The third kappa shape index (κ3) is 1.85. The van der Waals surface area contributed by atoms with Crippen LogP contribution in [0.15, 0.2) is 23.1 Å². The molecule has 0 spiro atoms. The SMILES string of the molecule is CCC(=O)c1cc(S)ccc1F. The quantitative estimate of drug-likeness (QED) is 0.552. The highest BCUT2D eigenvalue weighted by molar-refractivity contribution is 7.80. The summed E-state index contributed by atoms with van der Waals surface area (Å²) in [6.45, 7) is 1.70. The van der Waals surface area contributed by atoms with Crippen molar-refractivity contribution < 1.29 is 9.18 Å². The van der Waals surface area contributed by atoms with Gasteiger partial charge in [0, 0.05) is 11.3 Å². The second kappa shape index (κ2) is 3.72. The maximum Gasteiger partial charge on any atom is 0.165 e. The fourth-order valence-electron chi connectivity index (χ4n) is 0.917. The first kappa shape index (κ1) is 9.26. The average Bonchev–Trinajstić information content (AvgIpc) is 2.08. The second-order valence-electron chi connectivity index (χ2n) is 2.44. The second-order valence-corrected chi connectivity index (χ2v) is 2.96. The van der Waals surface area contributed by atoms with E-state index in [2.05, 4.69) is 12.6 Å². The van der Waals surface area contributed by atoms with Crippen LogP contribution in [0.2, 0.25) is 0 Å². The molecule has 0 radical (unpaired) electrons. The van der Waals surface area contributed by atoms with E-state index >= 15 is 0 Å². The Bertz CT molecular complexity index is 309. The molecule has 0 atom stereocenters. The number of halogens is 1. The Kier molecular flexibility index (Phi) is 2.87. The van der Waals surface area contributed by atoms with Gasteiger partial charge in [-0.2, -0.15) is 0 Å². The van der Waals surface area contributed by atoms with Gasteiger partial charge >= 0.3 is 0 Å². The number of hydrogen-bond donors (Lipinski definition) is 1. The van der Waals surface area contributed by atoms with Crippen LogP contribution in [0.3, 0.4) is 0 Å². The lowest BCUT2D eigenvalue weighted by molar-refractivity contribution is 0.0984. The van der Waals surface area contributed by atoms with Crippen LogP contribution in [0.25, 0.3) is 0 Å². The lowest BCUT2D eigenvalue weighted by Crippen LogP contribution is -1.99. The van der Waals surface area contributed by atoms with Gasteiger partial charge in [0.05, 0.1) is 5.56 Å². The summed E-state index contributed by atoms with van der Waals surface area (Å²) in [5.74, 6) is -0.664. The zero-order chi connectivity index (χ0) is 9.14. The molecule has 1 aromatic rings. The summed E-state index contributed by atoms with van der Waals surface area (Å²) in [4.78, 5) is 11.7. The zero-order valence-corrected chi connectivity index (χ0v) is 7.57. The van der Waals surface area contributed by atoms with Crippen molar-refractivity contribution in [2.75, 3.05) is 0 Å². The molecule has 1 aromatic carbocycles. The summed E-state index contributed by atoms with van der Waals surface area (Å²) in [7, 11) is 0. The summed E-state index contributed by atoms with van der Waals surface area (Å²) >= 11 is 4.02. The monoisotopic (exact) mass is 184 g/mol. The molecule has 0 bridgehead atoms. The number of carbonyl (C=O) groups excluding carboxylic acids is 1. The molecular formula is C9H9FOS. The zero-order valence-electron chi connectivity index (χ0n) is 6.67. The molecule has 0 aliphatic rings. The summed E-state index contributed by atoms with van der Waals surface area (Å²) in [6, 6.07) is 4.22. The molecule has 0 amide bonds. The van der Waals surface area contributed by atoms with Crippen LogP contribution in [-0.2, 0) is 0 Å². The van der Waals surface area contributed by atoms with Crippen molar-refractivity contribution in [3.8, 4) is 0 Å². The van der Waals surface area contributed by atoms with Gasteiger partial charge < -0.3 is 0 Å². The first-order valence-corrected chi connectivity index (χ1v) is 4.11. The topological polar surface area (TPSA) is 17.1 Å². The fraction of sp³-hybridized carbons (Fsp3) is 0.222. The smallest absolute Gasteiger partial charge is 0.165 e. The van der Waals surface area contributed by atoms with E-state index in [4.69, 9.17) is 0 Å². The van der Waals surface area contributed by atoms with E-state index < -0.39 is 5.82 Å². The molecule has 64 valence electrons. The summed E-state index contributed by atoms with van der Waals surface area (Å²) < 4.78 is 13.0. The minimum Gasteiger partial charge on any atom is -0.294 e. The molecule has 0 heterocycles. The predicted molar refractivity (Wildman–Crippen MR) is 48.3 cm³/mol. The number of carbonyl (C=O) groups is 1. The Morgan fingerprint density at radius 2 is 2.25 bits per heavy atom. The van der Waals surface area contributed by atoms with Crippen LogP contribution >= 0.6 is 12.6 Å². The number of benzene rings is 1. The predicted octanol–water partition coefficient (Wildman–Crippen LogP) is 2.71. The normalized spacial score (nSPS) is 9.92. The highest BCUT2D eigenvalue weighted by Crippen LogP contribution is 2.14.